The third-order valence-corrected chi connectivity index (χ3v) is 3.15. The SMILES string of the molecule is O=C(COC(=O)c1ccc(Cl)cc1[N+](=O)[O-])Nc1ccc(F)c(F)c1. The fraction of sp³-hybridized carbons (Fsp3) is 0.0667. The number of hydrogen-bond donors (Lipinski definition) is 1. The zero-order valence-corrected chi connectivity index (χ0v) is 13.0. The highest BCUT2D eigenvalue weighted by Gasteiger charge is 2.22. The number of ether oxygens (including phenoxy) is 1. The Labute approximate surface area is 144 Å². The van der Waals surface area contributed by atoms with Crippen molar-refractivity contribution in [2.45, 2.75) is 0 Å². The van der Waals surface area contributed by atoms with Crippen LogP contribution in [0.4, 0.5) is 20.2 Å². The van der Waals surface area contributed by atoms with Gasteiger partial charge in [-0.25, -0.2) is 13.6 Å². The summed E-state index contributed by atoms with van der Waals surface area (Å²) < 4.78 is 30.5. The minimum atomic E-state index is -1.16. The molecule has 0 saturated heterocycles. The highest BCUT2D eigenvalue weighted by Crippen LogP contribution is 2.23. The Morgan fingerprint density at radius 2 is 1.88 bits per heavy atom. The first-order valence-corrected chi connectivity index (χ1v) is 7.01. The van der Waals surface area contributed by atoms with Gasteiger partial charge in [0.15, 0.2) is 18.2 Å². The molecule has 0 spiro atoms. The average Bonchev–Trinajstić information content (AvgIpc) is 2.56. The van der Waals surface area contributed by atoms with Gasteiger partial charge in [-0.05, 0) is 24.3 Å². The summed E-state index contributed by atoms with van der Waals surface area (Å²) in [6.45, 7) is -0.780. The van der Waals surface area contributed by atoms with Crippen molar-refractivity contribution in [3.05, 3.63) is 68.7 Å². The highest BCUT2D eigenvalue weighted by molar-refractivity contribution is 6.31. The monoisotopic (exact) mass is 370 g/mol. The molecule has 0 radical (unpaired) electrons. The van der Waals surface area contributed by atoms with Crippen LogP contribution in [0.25, 0.3) is 0 Å². The second-order valence-electron chi connectivity index (χ2n) is 4.67. The van der Waals surface area contributed by atoms with Gasteiger partial charge < -0.3 is 10.1 Å². The number of nitrogens with zero attached hydrogens (tertiary/aromatic N) is 1. The number of esters is 1. The second kappa shape index (κ2) is 7.67. The van der Waals surface area contributed by atoms with E-state index >= 15 is 0 Å². The number of carbonyl (C=O) groups excluding carboxylic acids is 2. The number of benzene rings is 2. The summed E-state index contributed by atoms with van der Waals surface area (Å²) in [4.78, 5) is 33.6. The smallest absolute Gasteiger partial charge is 0.345 e. The van der Waals surface area contributed by atoms with Gasteiger partial charge in [0, 0.05) is 22.8 Å². The summed E-state index contributed by atoms with van der Waals surface area (Å²) in [6, 6.07) is 6.00. The summed E-state index contributed by atoms with van der Waals surface area (Å²) in [6.07, 6.45) is 0. The maximum absolute atomic E-state index is 13.0. The molecule has 0 aliphatic rings. The number of nitrogens with one attached hydrogen (secondary N) is 1. The predicted molar refractivity (Wildman–Crippen MR) is 83.4 cm³/mol. The van der Waals surface area contributed by atoms with Gasteiger partial charge in [-0.1, -0.05) is 11.6 Å². The van der Waals surface area contributed by atoms with Gasteiger partial charge in [0.2, 0.25) is 0 Å². The zero-order valence-electron chi connectivity index (χ0n) is 12.3. The topological polar surface area (TPSA) is 98.5 Å². The van der Waals surface area contributed by atoms with Crippen LogP contribution in [0.15, 0.2) is 36.4 Å². The van der Waals surface area contributed by atoms with E-state index in [2.05, 4.69) is 10.1 Å². The van der Waals surface area contributed by atoms with Gasteiger partial charge in [0.1, 0.15) is 5.56 Å². The van der Waals surface area contributed by atoms with Crippen LogP contribution < -0.4 is 5.32 Å². The van der Waals surface area contributed by atoms with E-state index < -0.39 is 40.7 Å². The van der Waals surface area contributed by atoms with Gasteiger partial charge in [-0.2, -0.15) is 0 Å². The Kier molecular flexibility index (Phi) is 5.60. The van der Waals surface area contributed by atoms with E-state index in [4.69, 9.17) is 11.6 Å². The number of carbonyl (C=O) groups is 2. The Morgan fingerprint density at radius 1 is 1.16 bits per heavy atom. The third kappa shape index (κ3) is 4.70. The molecule has 10 heteroatoms. The van der Waals surface area contributed by atoms with Crippen molar-refractivity contribution < 1.29 is 28.0 Å². The molecule has 0 bridgehead atoms. The lowest BCUT2D eigenvalue weighted by molar-refractivity contribution is -0.385. The average molecular weight is 371 g/mol. The Hall–Kier alpha value is -3.07. The van der Waals surface area contributed by atoms with E-state index in [1.807, 2.05) is 0 Å². The lowest BCUT2D eigenvalue weighted by Crippen LogP contribution is -2.21. The van der Waals surface area contributed by atoms with Crippen molar-refractivity contribution >= 4 is 34.9 Å². The van der Waals surface area contributed by atoms with Crippen LogP contribution in [0.1, 0.15) is 10.4 Å². The van der Waals surface area contributed by atoms with Gasteiger partial charge in [-0.15, -0.1) is 0 Å². The number of nitro benzene ring substituents is 1. The minimum Gasteiger partial charge on any atom is -0.452 e. The lowest BCUT2D eigenvalue weighted by Gasteiger charge is -2.07. The van der Waals surface area contributed by atoms with Gasteiger partial charge in [0.25, 0.3) is 11.6 Å². The standard InChI is InChI=1S/C15H9ClF2N2O5/c16-8-1-3-10(13(5-8)20(23)24)15(22)25-7-14(21)19-9-2-4-11(17)12(18)6-9/h1-6H,7H2,(H,19,21). The number of rotatable bonds is 5. The van der Waals surface area contributed by atoms with Crippen LogP contribution in [-0.4, -0.2) is 23.4 Å². The van der Waals surface area contributed by atoms with E-state index in [1.165, 1.54) is 6.07 Å². The lowest BCUT2D eigenvalue weighted by atomic mass is 10.2. The Morgan fingerprint density at radius 3 is 2.52 bits per heavy atom. The van der Waals surface area contributed by atoms with Gasteiger partial charge in [-0.3, -0.25) is 14.9 Å². The molecule has 2 aromatic rings. The Bertz CT molecular complexity index is 860. The van der Waals surface area contributed by atoms with Crippen LogP contribution in [0, 0.1) is 21.7 Å². The first-order valence-electron chi connectivity index (χ1n) is 6.64. The maximum atomic E-state index is 13.0. The zero-order chi connectivity index (χ0) is 18.6. The summed E-state index contributed by atoms with van der Waals surface area (Å²) in [5.41, 5.74) is -0.994. The van der Waals surface area contributed by atoms with Gasteiger partial charge in [0.05, 0.1) is 4.92 Å². The van der Waals surface area contributed by atoms with E-state index in [0.717, 1.165) is 30.3 Å². The van der Waals surface area contributed by atoms with Crippen LogP contribution in [0.3, 0.4) is 0 Å². The molecule has 7 nitrogen and oxygen atoms in total. The molecular weight excluding hydrogens is 362 g/mol. The molecule has 0 aliphatic heterocycles. The molecule has 2 rings (SSSR count). The molecule has 130 valence electrons. The molecule has 0 atom stereocenters. The number of halogens is 3. The van der Waals surface area contributed by atoms with E-state index in [-0.39, 0.29) is 16.3 Å². The van der Waals surface area contributed by atoms with Crippen LogP contribution in [0.2, 0.25) is 5.02 Å². The normalized spacial score (nSPS) is 10.2. The quantitative estimate of drug-likeness (QED) is 0.494. The van der Waals surface area contributed by atoms with Crippen molar-refractivity contribution in [3.8, 4) is 0 Å². The summed E-state index contributed by atoms with van der Waals surface area (Å²) in [5.74, 6) is -4.19. The summed E-state index contributed by atoms with van der Waals surface area (Å²) >= 11 is 5.63. The number of nitro groups is 1. The van der Waals surface area contributed by atoms with Crippen LogP contribution >= 0.6 is 11.6 Å². The van der Waals surface area contributed by atoms with Crippen molar-refractivity contribution in [1.29, 1.82) is 0 Å². The molecule has 2 aromatic carbocycles. The molecule has 1 N–H and O–H groups in total. The second-order valence-corrected chi connectivity index (χ2v) is 5.11. The minimum absolute atomic E-state index is 0.0441. The first-order chi connectivity index (χ1) is 11.8. The Balaban J connectivity index is 2.01. The van der Waals surface area contributed by atoms with Crippen LogP contribution in [0.5, 0.6) is 0 Å². The first kappa shape index (κ1) is 18.3. The van der Waals surface area contributed by atoms with Crippen molar-refractivity contribution in [2.75, 3.05) is 11.9 Å². The molecular formula is C15H9ClF2N2O5. The number of hydrogen-bond acceptors (Lipinski definition) is 5. The van der Waals surface area contributed by atoms with Crippen LogP contribution in [-0.2, 0) is 9.53 Å². The van der Waals surface area contributed by atoms with Crippen molar-refractivity contribution in [3.63, 3.8) is 0 Å². The van der Waals surface area contributed by atoms with E-state index in [1.54, 1.807) is 0 Å². The third-order valence-electron chi connectivity index (χ3n) is 2.91. The maximum Gasteiger partial charge on any atom is 0.345 e. The molecule has 0 saturated carbocycles. The molecule has 1 amide bonds. The van der Waals surface area contributed by atoms with Crippen molar-refractivity contribution in [2.24, 2.45) is 0 Å². The molecule has 0 fully saturated rings. The molecule has 25 heavy (non-hydrogen) atoms. The molecule has 0 aliphatic carbocycles. The number of anilines is 1. The van der Waals surface area contributed by atoms with Gasteiger partial charge >= 0.3 is 5.97 Å². The van der Waals surface area contributed by atoms with E-state index in [9.17, 15) is 28.5 Å². The molecule has 0 heterocycles. The number of amides is 1. The largest absolute Gasteiger partial charge is 0.452 e. The fourth-order valence-corrected chi connectivity index (χ4v) is 1.97. The fourth-order valence-electron chi connectivity index (χ4n) is 1.81. The summed E-state index contributed by atoms with van der Waals surface area (Å²) in [5, 5.41) is 13.2. The highest BCUT2D eigenvalue weighted by atomic mass is 35.5. The summed E-state index contributed by atoms with van der Waals surface area (Å²) in [7, 11) is 0. The van der Waals surface area contributed by atoms with Crippen molar-refractivity contribution in [1.82, 2.24) is 0 Å². The molecule has 0 unspecified atom stereocenters. The predicted octanol–water partition coefficient (Wildman–Crippen LogP) is 3.32. The van der Waals surface area contributed by atoms with E-state index in [0.29, 0.717) is 0 Å². The molecule has 0 aromatic heterocycles.